The number of carbonyl (C=O) groups is 5. The summed E-state index contributed by atoms with van der Waals surface area (Å²) >= 11 is 1.50. The lowest BCUT2D eigenvalue weighted by atomic mass is 10.0. The van der Waals surface area contributed by atoms with Gasteiger partial charge in [-0.3, -0.25) is 19.2 Å². The largest absolute Gasteiger partial charge is 0.481 e. The van der Waals surface area contributed by atoms with Crippen molar-refractivity contribution in [2.75, 3.05) is 18.6 Å². The van der Waals surface area contributed by atoms with Crippen molar-refractivity contribution in [1.82, 2.24) is 15.5 Å². The highest BCUT2D eigenvalue weighted by Crippen LogP contribution is 2.20. The molecule has 1 fully saturated rings. The lowest BCUT2D eigenvalue weighted by Crippen LogP contribution is -2.57. The number of amides is 3. The van der Waals surface area contributed by atoms with Crippen LogP contribution in [0, 0.1) is 5.92 Å². The van der Waals surface area contributed by atoms with E-state index in [-0.39, 0.29) is 12.5 Å². The van der Waals surface area contributed by atoms with Crippen LogP contribution in [0.1, 0.15) is 39.5 Å². The molecular formula is C19H32N4O7S. The third-order valence-corrected chi connectivity index (χ3v) is 5.68. The van der Waals surface area contributed by atoms with Crippen LogP contribution >= 0.6 is 11.8 Å². The summed E-state index contributed by atoms with van der Waals surface area (Å²) in [5.41, 5.74) is 5.81. The van der Waals surface area contributed by atoms with Gasteiger partial charge in [-0.05, 0) is 37.2 Å². The van der Waals surface area contributed by atoms with E-state index in [0.717, 1.165) is 0 Å². The second-order valence-electron chi connectivity index (χ2n) is 7.81. The van der Waals surface area contributed by atoms with Gasteiger partial charge in [-0.15, -0.1) is 0 Å². The van der Waals surface area contributed by atoms with E-state index in [1.165, 1.54) is 16.7 Å². The van der Waals surface area contributed by atoms with Crippen LogP contribution in [-0.4, -0.2) is 87.5 Å². The van der Waals surface area contributed by atoms with Crippen LogP contribution in [0.4, 0.5) is 0 Å². The first-order valence-corrected chi connectivity index (χ1v) is 11.5. The monoisotopic (exact) mass is 460 g/mol. The summed E-state index contributed by atoms with van der Waals surface area (Å²) in [6, 6.07) is -4.32. The number of nitrogens with two attached hydrogens (primary N) is 1. The minimum atomic E-state index is -1.38. The highest BCUT2D eigenvalue weighted by Gasteiger charge is 2.40. The van der Waals surface area contributed by atoms with E-state index in [1.807, 2.05) is 6.26 Å². The SMILES string of the molecule is CSCCC(N)C(=O)NC(CC(=O)O)C(=O)N1CCCC1C(=O)NC(C(=O)O)C(C)C. The number of carboxylic acid groups (broad SMARTS) is 2. The van der Waals surface area contributed by atoms with Gasteiger partial charge in [0.15, 0.2) is 0 Å². The van der Waals surface area contributed by atoms with Crippen molar-refractivity contribution >= 4 is 41.4 Å². The summed E-state index contributed by atoms with van der Waals surface area (Å²) in [6.07, 6.45) is 2.36. The minimum absolute atomic E-state index is 0.195. The minimum Gasteiger partial charge on any atom is -0.481 e. The van der Waals surface area contributed by atoms with E-state index < -0.39 is 60.2 Å². The fourth-order valence-electron chi connectivity index (χ4n) is 3.30. The first-order chi connectivity index (χ1) is 14.5. The van der Waals surface area contributed by atoms with Gasteiger partial charge in [-0.25, -0.2) is 4.79 Å². The maximum atomic E-state index is 13.0. The predicted molar refractivity (Wildman–Crippen MR) is 114 cm³/mol. The Balaban J connectivity index is 2.94. The quantitative estimate of drug-likeness (QED) is 0.250. The summed E-state index contributed by atoms with van der Waals surface area (Å²) in [5.74, 6) is -4.18. The molecule has 1 heterocycles. The average Bonchev–Trinajstić information content (AvgIpc) is 3.17. The molecule has 4 unspecified atom stereocenters. The van der Waals surface area contributed by atoms with E-state index in [0.29, 0.717) is 25.0 Å². The summed E-state index contributed by atoms with van der Waals surface area (Å²) in [7, 11) is 0. The average molecular weight is 461 g/mol. The highest BCUT2D eigenvalue weighted by molar-refractivity contribution is 7.98. The molecule has 0 saturated carbocycles. The molecule has 1 aliphatic heterocycles. The second kappa shape index (κ2) is 12.5. The molecule has 6 N–H and O–H groups in total. The highest BCUT2D eigenvalue weighted by atomic mass is 32.2. The molecule has 0 aromatic heterocycles. The molecule has 3 amide bonds. The van der Waals surface area contributed by atoms with Crippen LogP contribution in [0.15, 0.2) is 0 Å². The topological polar surface area (TPSA) is 179 Å². The van der Waals surface area contributed by atoms with Gasteiger partial charge in [0.1, 0.15) is 18.1 Å². The molecule has 11 nitrogen and oxygen atoms in total. The predicted octanol–water partition coefficient (Wildman–Crippen LogP) is -0.757. The van der Waals surface area contributed by atoms with Gasteiger partial charge in [0.2, 0.25) is 17.7 Å². The number of aliphatic carboxylic acids is 2. The standard InChI is InChI=1S/C19H32N4O7S/c1-10(2)15(19(29)30)22-17(27)13-5-4-7-23(13)18(28)12(9-14(24)25)21-16(26)11(20)6-8-31-3/h10-13,15H,4-9,20H2,1-3H3,(H,21,26)(H,22,27)(H,24,25)(H,29,30). The van der Waals surface area contributed by atoms with E-state index in [2.05, 4.69) is 10.6 Å². The van der Waals surface area contributed by atoms with Crippen molar-refractivity contribution in [3.8, 4) is 0 Å². The normalized spacial score (nSPS) is 18.9. The van der Waals surface area contributed by atoms with Crippen LogP contribution in [-0.2, 0) is 24.0 Å². The molecule has 0 radical (unpaired) electrons. The van der Waals surface area contributed by atoms with Gasteiger partial charge in [0.25, 0.3) is 0 Å². The first kappa shape index (κ1) is 26.7. The van der Waals surface area contributed by atoms with Crippen molar-refractivity contribution in [3.63, 3.8) is 0 Å². The van der Waals surface area contributed by atoms with Gasteiger partial charge < -0.3 is 31.5 Å². The number of carboxylic acids is 2. The molecule has 31 heavy (non-hydrogen) atoms. The van der Waals surface area contributed by atoms with Gasteiger partial charge >= 0.3 is 11.9 Å². The van der Waals surface area contributed by atoms with Gasteiger partial charge in [-0.2, -0.15) is 11.8 Å². The van der Waals surface area contributed by atoms with Crippen molar-refractivity contribution in [2.45, 2.75) is 63.7 Å². The van der Waals surface area contributed by atoms with Crippen LogP contribution in [0.25, 0.3) is 0 Å². The van der Waals surface area contributed by atoms with E-state index in [9.17, 15) is 34.2 Å². The fraction of sp³-hybridized carbons (Fsp3) is 0.737. The third-order valence-electron chi connectivity index (χ3n) is 5.03. The zero-order valence-electron chi connectivity index (χ0n) is 18.0. The van der Waals surface area contributed by atoms with Gasteiger partial charge in [0, 0.05) is 6.54 Å². The molecule has 12 heteroatoms. The molecule has 0 aliphatic carbocycles. The number of rotatable bonds is 12. The number of nitrogens with zero attached hydrogens (tertiary/aromatic N) is 1. The van der Waals surface area contributed by atoms with Gasteiger partial charge in [0.05, 0.1) is 12.5 Å². The van der Waals surface area contributed by atoms with Gasteiger partial charge in [-0.1, -0.05) is 13.8 Å². The number of nitrogens with one attached hydrogen (secondary N) is 2. The zero-order chi connectivity index (χ0) is 23.7. The molecule has 1 aliphatic rings. The molecule has 1 saturated heterocycles. The second-order valence-corrected chi connectivity index (χ2v) is 8.79. The Labute approximate surface area is 185 Å². The van der Waals surface area contributed by atoms with E-state index >= 15 is 0 Å². The lowest BCUT2D eigenvalue weighted by molar-refractivity contribution is -0.147. The Morgan fingerprint density at radius 3 is 2.32 bits per heavy atom. The Morgan fingerprint density at radius 1 is 1.16 bits per heavy atom. The number of thioether (sulfide) groups is 1. The Morgan fingerprint density at radius 2 is 1.81 bits per heavy atom. The van der Waals surface area contributed by atoms with Crippen LogP contribution < -0.4 is 16.4 Å². The molecule has 0 aromatic carbocycles. The summed E-state index contributed by atoms with van der Waals surface area (Å²) in [5, 5.41) is 23.3. The lowest BCUT2D eigenvalue weighted by Gasteiger charge is -2.30. The maximum absolute atomic E-state index is 13.0. The molecular weight excluding hydrogens is 428 g/mol. The van der Waals surface area contributed by atoms with E-state index in [1.54, 1.807) is 13.8 Å². The third kappa shape index (κ3) is 8.02. The number of carbonyl (C=O) groups excluding carboxylic acids is 3. The van der Waals surface area contributed by atoms with Crippen molar-refractivity contribution in [1.29, 1.82) is 0 Å². The summed E-state index contributed by atoms with van der Waals surface area (Å²) in [6.45, 7) is 3.49. The Hall–Kier alpha value is -2.34. The van der Waals surface area contributed by atoms with Crippen molar-refractivity contribution in [2.24, 2.45) is 11.7 Å². The molecule has 0 aromatic rings. The molecule has 0 bridgehead atoms. The number of hydrogen-bond donors (Lipinski definition) is 5. The van der Waals surface area contributed by atoms with Crippen LogP contribution in [0.3, 0.4) is 0 Å². The summed E-state index contributed by atoms with van der Waals surface area (Å²) < 4.78 is 0. The zero-order valence-corrected chi connectivity index (χ0v) is 18.8. The Bertz CT molecular complexity index is 688. The van der Waals surface area contributed by atoms with Crippen LogP contribution in [0.2, 0.25) is 0 Å². The van der Waals surface area contributed by atoms with Crippen molar-refractivity contribution in [3.05, 3.63) is 0 Å². The van der Waals surface area contributed by atoms with E-state index in [4.69, 9.17) is 5.73 Å². The van der Waals surface area contributed by atoms with Crippen LogP contribution in [0.5, 0.6) is 0 Å². The number of hydrogen-bond acceptors (Lipinski definition) is 7. The molecule has 4 atom stereocenters. The molecule has 0 spiro atoms. The smallest absolute Gasteiger partial charge is 0.326 e. The summed E-state index contributed by atoms with van der Waals surface area (Å²) in [4.78, 5) is 61.9. The molecule has 176 valence electrons. The first-order valence-electron chi connectivity index (χ1n) is 10.1. The maximum Gasteiger partial charge on any atom is 0.326 e. The van der Waals surface area contributed by atoms with Crippen molar-refractivity contribution < 1.29 is 34.2 Å². The molecule has 1 rings (SSSR count). The fourth-order valence-corrected chi connectivity index (χ4v) is 3.79. The number of likely N-dealkylation sites (tertiary alicyclic amines) is 1. The Kier molecular flexibility index (Phi) is 10.8.